The highest BCUT2D eigenvalue weighted by molar-refractivity contribution is 6.05. The SMILES string of the molecule is CC(C)(C)NC(=O)COCCOCCCC(=O)c1cc(C(=O)CCCOCCOCC(=O)NC(C)(C)C)cc(C(=O)NCCOCCOCC(=O)NC(C)(C)C)c1. The van der Waals surface area contributed by atoms with Crippen molar-refractivity contribution in [2.45, 2.75) is 105 Å². The number of ether oxygens (including phenoxy) is 6. The van der Waals surface area contributed by atoms with Crippen LogP contribution in [-0.4, -0.2) is 138 Å². The van der Waals surface area contributed by atoms with Gasteiger partial charge in [-0.05, 0) is 93.4 Å². The summed E-state index contributed by atoms with van der Waals surface area (Å²) in [6, 6.07) is 4.43. The lowest BCUT2D eigenvalue weighted by molar-refractivity contribution is -0.128. The van der Waals surface area contributed by atoms with Crippen molar-refractivity contribution in [2.24, 2.45) is 0 Å². The summed E-state index contributed by atoms with van der Waals surface area (Å²) in [5, 5.41) is 11.2. The molecule has 1 aromatic carbocycles. The van der Waals surface area contributed by atoms with Crippen LogP contribution in [0.3, 0.4) is 0 Å². The normalized spacial score (nSPS) is 11.9. The molecule has 16 nitrogen and oxygen atoms in total. The molecule has 1 aromatic rings. The Morgan fingerprint density at radius 3 is 1.11 bits per heavy atom. The predicted molar refractivity (Wildman–Crippen MR) is 215 cm³/mol. The summed E-state index contributed by atoms with van der Waals surface area (Å²) in [4.78, 5) is 75.1. The molecular formula is C41H68N4O12. The zero-order chi connectivity index (χ0) is 42.9. The predicted octanol–water partition coefficient (Wildman–Crippen LogP) is 3.19. The minimum Gasteiger partial charge on any atom is -0.379 e. The van der Waals surface area contributed by atoms with E-state index in [0.717, 1.165) is 0 Å². The van der Waals surface area contributed by atoms with Crippen LogP contribution in [0, 0.1) is 0 Å². The summed E-state index contributed by atoms with van der Waals surface area (Å²) in [7, 11) is 0. The number of carbonyl (C=O) groups is 6. The highest BCUT2D eigenvalue weighted by Crippen LogP contribution is 2.16. The molecule has 0 unspecified atom stereocenters. The maximum absolute atomic E-state index is 13.2. The quantitative estimate of drug-likeness (QED) is 0.0681. The van der Waals surface area contributed by atoms with E-state index in [-0.39, 0.29) is 161 Å². The van der Waals surface area contributed by atoms with Gasteiger partial charge in [0.05, 0.1) is 46.2 Å². The fraction of sp³-hybridized carbons (Fsp3) is 0.707. The van der Waals surface area contributed by atoms with Crippen molar-refractivity contribution in [1.82, 2.24) is 21.3 Å². The van der Waals surface area contributed by atoms with Crippen molar-refractivity contribution in [3.05, 3.63) is 34.9 Å². The van der Waals surface area contributed by atoms with E-state index in [1.807, 2.05) is 62.3 Å². The summed E-state index contributed by atoms with van der Waals surface area (Å²) in [6.07, 6.45) is 1.03. The van der Waals surface area contributed by atoms with Gasteiger partial charge in [-0.15, -0.1) is 0 Å². The average molecular weight is 809 g/mol. The second kappa shape index (κ2) is 27.0. The van der Waals surface area contributed by atoms with Gasteiger partial charge in [0, 0.05) is 65.9 Å². The number of ketones is 2. The molecule has 4 amide bonds. The van der Waals surface area contributed by atoms with Gasteiger partial charge in [0.25, 0.3) is 5.91 Å². The van der Waals surface area contributed by atoms with E-state index in [4.69, 9.17) is 28.4 Å². The molecule has 16 heteroatoms. The number of hydrogen-bond donors (Lipinski definition) is 4. The van der Waals surface area contributed by atoms with Crippen LogP contribution in [0.4, 0.5) is 0 Å². The third-order valence-electron chi connectivity index (χ3n) is 7.11. The van der Waals surface area contributed by atoms with E-state index < -0.39 is 5.91 Å². The molecule has 0 aliphatic carbocycles. The van der Waals surface area contributed by atoms with Gasteiger partial charge in [-0.3, -0.25) is 28.8 Å². The Balaban J connectivity index is 2.66. The second-order valence-electron chi connectivity index (χ2n) is 16.5. The lowest BCUT2D eigenvalue weighted by atomic mass is 9.96. The standard InChI is InChI=1S/C41H68N4O12/c1-39(2,3)43-35(48)27-55-21-18-52-15-10-12-33(46)30-24-31(34(47)13-11-16-53-19-22-56-28-36(49)44-40(4,5)6)26-32(25-30)38(51)42-14-17-54-20-23-57-29-37(50)45-41(7,8)9/h24-26H,10-23,27-29H2,1-9H3,(H,42,51)(H,43,48)(H,44,49)(H,45,50). The van der Waals surface area contributed by atoms with Crippen LogP contribution in [0.2, 0.25) is 0 Å². The minimum absolute atomic E-state index is 0.0768. The Labute approximate surface area is 338 Å². The van der Waals surface area contributed by atoms with Crippen LogP contribution in [0.1, 0.15) is 119 Å². The summed E-state index contributed by atoms with van der Waals surface area (Å²) in [5.41, 5.74) is -0.430. The third kappa shape index (κ3) is 28.3. The highest BCUT2D eigenvalue weighted by Gasteiger charge is 2.18. The zero-order valence-electron chi connectivity index (χ0n) is 35.7. The van der Waals surface area contributed by atoms with E-state index in [9.17, 15) is 28.8 Å². The number of rotatable bonds is 29. The van der Waals surface area contributed by atoms with Gasteiger partial charge in [0.15, 0.2) is 11.6 Å². The second-order valence-corrected chi connectivity index (χ2v) is 16.5. The Morgan fingerprint density at radius 1 is 0.439 bits per heavy atom. The Hall–Kier alpha value is -3.80. The van der Waals surface area contributed by atoms with Gasteiger partial charge in [-0.25, -0.2) is 0 Å². The molecular weight excluding hydrogens is 740 g/mol. The number of hydrogen-bond acceptors (Lipinski definition) is 12. The number of amides is 4. The Morgan fingerprint density at radius 2 is 0.754 bits per heavy atom. The van der Waals surface area contributed by atoms with E-state index in [1.165, 1.54) is 18.2 Å². The van der Waals surface area contributed by atoms with Crippen LogP contribution in [0.15, 0.2) is 18.2 Å². The molecule has 4 N–H and O–H groups in total. The van der Waals surface area contributed by atoms with Gasteiger partial charge in [0.2, 0.25) is 17.7 Å². The largest absolute Gasteiger partial charge is 0.379 e. The topological polar surface area (TPSA) is 206 Å². The first-order valence-electron chi connectivity index (χ1n) is 19.5. The van der Waals surface area contributed by atoms with E-state index in [0.29, 0.717) is 12.8 Å². The first-order chi connectivity index (χ1) is 26.6. The first kappa shape index (κ1) is 51.2. The number of nitrogens with one attached hydrogen (secondary N) is 4. The third-order valence-corrected chi connectivity index (χ3v) is 7.11. The molecule has 0 heterocycles. The van der Waals surface area contributed by atoms with Crippen molar-refractivity contribution < 1.29 is 57.2 Å². The van der Waals surface area contributed by atoms with E-state index >= 15 is 0 Å². The lowest BCUT2D eigenvalue weighted by Gasteiger charge is -2.20. The molecule has 0 aliphatic heterocycles. The molecule has 0 spiro atoms. The van der Waals surface area contributed by atoms with Gasteiger partial charge in [0.1, 0.15) is 19.8 Å². The summed E-state index contributed by atoms with van der Waals surface area (Å²) in [6.45, 7) is 18.9. The fourth-order valence-electron chi connectivity index (χ4n) is 4.90. The molecule has 0 saturated carbocycles. The molecule has 0 atom stereocenters. The van der Waals surface area contributed by atoms with Crippen molar-refractivity contribution >= 4 is 35.2 Å². The Bertz CT molecular complexity index is 1230. The highest BCUT2D eigenvalue weighted by atomic mass is 16.5. The van der Waals surface area contributed by atoms with E-state index in [1.54, 1.807) is 0 Å². The van der Waals surface area contributed by atoms with Crippen LogP contribution >= 0.6 is 0 Å². The first-order valence-corrected chi connectivity index (χ1v) is 19.5. The summed E-state index contributed by atoms with van der Waals surface area (Å²) in [5.74, 6) is -1.64. The molecule has 0 radical (unpaired) electrons. The van der Waals surface area contributed by atoms with Gasteiger partial charge in [-0.1, -0.05) is 0 Å². The van der Waals surface area contributed by atoms with Crippen molar-refractivity contribution in [3.8, 4) is 0 Å². The van der Waals surface area contributed by atoms with Crippen LogP contribution < -0.4 is 21.3 Å². The number of benzene rings is 1. The smallest absolute Gasteiger partial charge is 0.251 e. The van der Waals surface area contributed by atoms with Gasteiger partial charge >= 0.3 is 0 Å². The van der Waals surface area contributed by atoms with Crippen LogP contribution in [0.5, 0.6) is 0 Å². The average Bonchev–Trinajstić information content (AvgIpc) is 3.08. The van der Waals surface area contributed by atoms with Crippen molar-refractivity contribution in [3.63, 3.8) is 0 Å². The van der Waals surface area contributed by atoms with Gasteiger partial charge in [-0.2, -0.15) is 0 Å². The molecule has 324 valence electrons. The molecule has 1 rings (SSSR count). The molecule has 0 saturated heterocycles. The summed E-state index contributed by atoms with van der Waals surface area (Å²) >= 11 is 0. The molecule has 0 fully saturated rings. The van der Waals surface area contributed by atoms with E-state index in [2.05, 4.69) is 21.3 Å². The zero-order valence-corrected chi connectivity index (χ0v) is 35.7. The molecule has 0 bridgehead atoms. The van der Waals surface area contributed by atoms with Gasteiger partial charge < -0.3 is 49.7 Å². The van der Waals surface area contributed by atoms with Crippen molar-refractivity contribution in [1.29, 1.82) is 0 Å². The Kier molecular flexibility index (Phi) is 24.3. The summed E-state index contributed by atoms with van der Waals surface area (Å²) < 4.78 is 32.6. The molecule has 0 aromatic heterocycles. The number of Topliss-reactive ketones (excluding diaryl/α,β-unsaturated/α-hetero) is 2. The number of carbonyl (C=O) groups excluding carboxylic acids is 6. The maximum Gasteiger partial charge on any atom is 0.251 e. The van der Waals surface area contributed by atoms with Crippen LogP contribution in [0.25, 0.3) is 0 Å². The lowest BCUT2D eigenvalue weighted by Crippen LogP contribution is -2.42. The molecule has 0 aliphatic rings. The van der Waals surface area contributed by atoms with Crippen molar-refractivity contribution in [2.75, 3.05) is 85.8 Å². The minimum atomic E-state index is -0.476. The monoisotopic (exact) mass is 808 g/mol. The fourth-order valence-corrected chi connectivity index (χ4v) is 4.90. The maximum atomic E-state index is 13.2. The molecule has 57 heavy (non-hydrogen) atoms. The van der Waals surface area contributed by atoms with Crippen LogP contribution in [-0.2, 0) is 42.8 Å².